The Morgan fingerprint density at radius 2 is 0.579 bits per heavy atom. The molecule has 4 heterocycles. The van der Waals surface area contributed by atoms with Crippen molar-refractivity contribution in [2.75, 3.05) is 9.80 Å². The number of hydrogen-bond acceptors (Lipinski definition) is 4. The number of rotatable bonds is 10. The lowest BCUT2D eigenvalue weighted by Crippen LogP contribution is -2.09. The van der Waals surface area contributed by atoms with Crippen LogP contribution in [0.1, 0.15) is 0 Å². The highest BCUT2D eigenvalue weighted by Crippen LogP contribution is 2.43. The van der Waals surface area contributed by atoms with Crippen molar-refractivity contribution in [3.05, 3.63) is 279 Å². The molecule has 76 heavy (non-hydrogen) atoms. The van der Waals surface area contributed by atoms with Crippen LogP contribution < -0.4 is 9.80 Å². The Bertz CT molecular complexity index is 4270. The first-order valence-electron chi connectivity index (χ1n) is 25.7. The first-order chi connectivity index (χ1) is 37.7. The average Bonchev–Trinajstić information content (AvgIpc) is 4.28. The molecular weight excluding hydrogens is 929 g/mol. The fraction of sp³-hybridized carbons (Fsp3) is 0. The van der Waals surface area contributed by atoms with E-state index in [9.17, 15) is 0 Å². The first-order valence-corrected chi connectivity index (χ1v) is 25.7. The topological polar surface area (TPSA) is 42.6 Å². The Kier molecular flexibility index (Phi) is 10.1. The molecule has 0 amide bonds. The van der Waals surface area contributed by atoms with Crippen molar-refractivity contribution in [2.24, 2.45) is 0 Å². The molecule has 11 aromatic carbocycles. The predicted octanol–water partition coefficient (Wildman–Crippen LogP) is 19.6. The van der Waals surface area contributed by atoms with E-state index in [1.54, 1.807) is 0 Å². The summed E-state index contributed by atoms with van der Waals surface area (Å²) in [4.78, 5) is 4.64. The number of nitrogens with zero attached hydrogens (tertiary/aromatic N) is 4. The Morgan fingerprint density at radius 3 is 0.987 bits per heavy atom. The second kappa shape index (κ2) is 17.7. The lowest BCUT2D eigenvalue weighted by Gasteiger charge is -2.25. The van der Waals surface area contributed by atoms with Crippen LogP contribution in [-0.4, -0.2) is 9.13 Å². The second-order valence-corrected chi connectivity index (χ2v) is 19.4. The molecule has 0 bridgehead atoms. The van der Waals surface area contributed by atoms with Gasteiger partial charge in [-0.2, -0.15) is 0 Å². The molecule has 0 radical (unpaired) electrons. The summed E-state index contributed by atoms with van der Waals surface area (Å²) in [6, 6.07) is 99.0. The molecule has 0 atom stereocenters. The van der Waals surface area contributed by atoms with Crippen molar-refractivity contribution in [1.29, 1.82) is 0 Å². The van der Waals surface area contributed by atoms with Crippen molar-refractivity contribution in [3.63, 3.8) is 0 Å². The van der Waals surface area contributed by atoms with Gasteiger partial charge in [-0.05, 0) is 170 Å². The van der Waals surface area contributed by atoms with Gasteiger partial charge in [0.05, 0.1) is 22.1 Å². The molecule has 0 aliphatic rings. The molecule has 0 saturated heterocycles. The average molecular weight is 975 g/mol. The van der Waals surface area contributed by atoms with Crippen LogP contribution in [0.5, 0.6) is 0 Å². The van der Waals surface area contributed by atoms with Crippen molar-refractivity contribution in [2.45, 2.75) is 0 Å². The smallest absolute Gasteiger partial charge is 0.135 e. The predicted molar refractivity (Wildman–Crippen MR) is 315 cm³/mol. The number of aromatic nitrogens is 2. The van der Waals surface area contributed by atoms with Gasteiger partial charge < -0.3 is 27.8 Å². The van der Waals surface area contributed by atoms with E-state index in [-0.39, 0.29) is 0 Å². The summed E-state index contributed by atoms with van der Waals surface area (Å²) in [5, 5.41) is 6.81. The van der Waals surface area contributed by atoms with Crippen LogP contribution in [0, 0.1) is 0 Å². The van der Waals surface area contributed by atoms with Crippen LogP contribution in [0.25, 0.3) is 99.6 Å². The standard InChI is InChI=1S/C70H46N4O2/c1-5-17-51(18-6-1)71(57-37-39-65-61(45-57)59-25-13-15-27-63(59)73(65)53-21-9-3-10-22-53)55-33-29-47(30-34-55)67-41-49-43-70-50(44-69(49)75-67)42-68(76-70)48-31-35-56(36-32-48)72(52-19-7-2-8-20-52)58-38-40-66-62(46-58)60-26-14-16-28-64(60)74(66)54-23-11-4-12-24-54/h1-46H. The molecule has 15 rings (SSSR count). The van der Waals surface area contributed by atoms with E-state index in [1.165, 1.54) is 43.6 Å². The normalized spacial score (nSPS) is 11.7. The summed E-state index contributed by atoms with van der Waals surface area (Å²) in [7, 11) is 0. The van der Waals surface area contributed by atoms with Crippen LogP contribution in [-0.2, 0) is 0 Å². The van der Waals surface area contributed by atoms with Crippen molar-refractivity contribution in [3.8, 4) is 34.0 Å². The number of fused-ring (bicyclic) bond motifs is 8. The van der Waals surface area contributed by atoms with Crippen LogP contribution in [0.2, 0.25) is 0 Å². The molecule has 6 heteroatoms. The summed E-state index contributed by atoms with van der Waals surface area (Å²) in [6.07, 6.45) is 0. The van der Waals surface area contributed by atoms with Crippen LogP contribution in [0.15, 0.2) is 288 Å². The SMILES string of the molecule is c1ccc(N(c2ccc(-c3cc4cc5oc(-c6ccc(N(c7ccccc7)c7ccc8c(c7)c7ccccc7n8-c7ccccc7)cc6)cc5cc4o3)cc2)c2ccc3c(c2)c2ccccc2n3-c2ccccc2)cc1. The second-order valence-electron chi connectivity index (χ2n) is 19.4. The van der Waals surface area contributed by atoms with Crippen LogP contribution >= 0.6 is 0 Å². The molecule has 0 fully saturated rings. The van der Waals surface area contributed by atoms with Gasteiger partial charge in [0.2, 0.25) is 0 Å². The summed E-state index contributed by atoms with van der Waals surface area (Å²) >= 11 is 0. The monoisotopic (exact) mass is 974 g/mol. The number of anilines is 6. The van der Waals surface area contributed by atoms with Gasteiger partial charge in [-0.3, -0.25) is 0 Å². The lowest BCUT2D eigenvalue weighted by molar-refractivity contribution is 0.627. The van der Waals surface area contributed by atoms with Gasteiger partial charge in [0, 0.05) is 88.9 Å². The van der Waals surface area contributed by atoms with Crippen LogP contribution in [0.3, 0.4) is 0 Å². The van der Waals surface area contributed by atoms with Gasteiger partial charge in [0.25, 0.3) is 0 Å². The highest BCUT2D eigenvalue weighted by Gasteiger charge is 2.21. The molecular formula is C70H46N4O2. The molecule has 0 aliphatic carbocycles. The van der Waals surface area contributed by atoms with Crippen molar-refractivity contribution < 1.29 is 8.83 Å². The highest BCUT2D eigenvalue weighted by atomic mass is 16.3. The third-order valence-electron chi connectivity index (χ3n) is 14.9. The van der Waals surface area contributed by atoms with E-state index >= 15 is 0 Å². The van der Waals surface area contributed by atoms with E-state index in [0.29, 0.717) is 0 Å². The summed E-state index contributed by atoms with van der Waals surface area (Å²) in [5.74, 6) is 1.60. The maximum atomic E-state index is 6.61. The van der Waals surface area contributed by atoms with Gasteiger partial charge in [0.15, 0.2) is 0 Å². The summed E-state index contributed by atoms with van der Waals surface area (Å²) in [5.41, 5.74) is 17.0. The molecule has 0 saturated carbocycles. The summed E-state index contributed by atoms with van der Waals surface area (Å²) in [6.45, 7) is 0. The van der Waals surface area contributed by atoms with Gasteiger partial charge >= 0.3 is 0 Å². The molecule has 6 nitrogen and oxygen atoms in total. The molecule has 0 aliphatic heterocycles. The molecule has 15 aromatic rings. The third-order valence-corrected chi connectivity index (χ3v) is 14.9. The van der Waals surface area contributed by atoms with E-state index < -0.39 is 0 Å². The number of benzene rings is 11. The Labute approximate surface area is 438 Å². The van der Waals surface area contributed by atoms with Crippen molar-refractivity contribution in [1.82, 2.24) is 9.13 Å². The Morgan fingerprint density at radius 1 is 0.250 bits per heavy atom. The van der Waals surface area contributed by atoms with E-state index in [1.807, 2.05) is 0 Å². The summed E-state index contributed by atoms with van der Waals surface area (Å²) < 4.78 is 17.9. The van der Waals surface area contributed by atoms with E-state index in [2.05, 4.69) is 298 Å². The largest absolute Gasteiger partial charge is 0.456 e. The van der Waals surface area contributed by atoms with E-state index in [4.69, 9.17) is 8.83 Å². The molecule has 0 spiro atoms. The fourth-order valence-electron chi connectivity index (χ4n) is 11.4. The zero-order valence-corrected chi connectivity index (χ0v) is 41.2. The van der Waals surface area contributed by atoms with Gasteiger partial charge in [-0.15, -0.1) is 0 Å². The minimum atomic E-state index is 0.801. The number of hydrogen-bond donors (Lipinski definition) is 0. The molecule has 0 N–H and O–H groups in total. The van der Waals surface area contributed by atoms with Crippen molar-refractivity contribution >= 4 is 99.7 Å². The lowest BCUT2D eigenvalue weighted by atomic mass is 10.1. The first kappa shape index (κ1) is 43.3. The zero-order valence-electron chi connectivity index (χ0n) is 41.2. The van der Waals surface area contributed by atoms with E-state index in [0.717, 1.165) is 90.1 Å². The quantitative estimate of drug-likeness (QED) is 0.137. The minimum Gasteiger partial charge on any atom is -0.456 e. The Balaban J connectivity index is 0.727. The Hall–Kier alpha value is -10.3. The van der Waals surface area contributed by atoms with Crippen LogP contribution in [0.4, 0.5) is 34.1 Å². The maximum absolute atomic E-state index is 6.61. The highest BCUT2D eigenvalue weighted by molar-refractivity contribution is 6.12. The maximum Gasteiger partial charge on any atom is 0.135 e. The molecule has 0 unspecified atom stereocenters. The third kappa shape index (κ3) is 7.26. The molecule has 358 valence electrons. The molecule has 4 aromatic heterocycles. The fourth-order valence-corrected chi connectivity index (χ4v) is 11.4. The number of para-hydroxylation sites is 6. The zero-order chi connectivity index (χ0) is 50.1. The number of furan rings is 2. The van der Waals surface area contributed by atoms with Gasteiger partial charge in [-0.25, -0.2) is 0 Å². The minimum absolute atomic E-state index is 0.801. The van der Waals surface area contributed by atoms with Gasteiger partial charge in [-0.1, -0.05) is 109 Å². The van der Waals surface area contributed by atoms with Gasteiger partial charge in [0.1, 0.15) is 22.7 Å².